The van der Waals surface area contributed by atoms with Crippen molar-refractivity contribution in [2.24, 2.45) is 0 Å². The molecule has 1 saturated carbocycles. The van der Waals surface area contributed by atoms with Crippen LogP contribution in [0.3, 0.4) is 0 Å². The summed E-state index contributed by atoms with van der Waals surface area (Å²) in [5.74, 6) is -1.18. The molecule has 0 unspecified atom stereocenters. The van der Waals surface area contributed by atoms with Gasteiger partial charge in [-0.2, -0.15) is 0 Å². The zero-order chi connectivity index (χ0) is 15.5. The number of carboxylic acids is 1. The highest BCUT2D eigenvalue weighted by Gasteiger charge is 2.54. The molecule has 0 amide bonds. The van der Waals surface area contributed by atoms with Gasteiger partial charge >= 0.3 is 5.97 Å². The normalized spacial score (nSPS) is 18.5. The average Bonchev–Trinajstić information content (AvgIpc) is 2.96. The zero-order valence-corrected chi connectivity index (χ0v) is 12.4. The van der Waals surface area contributed by atoms with Crippen molar-refractivity contribution in [2.45, 2.75) is 23.2 Å². The number of rotatable bonds is 3. The zero-order valence-electron chi connectivity index (χ0n) is 11.6. The maximum absolute atomic E-state index is 12.9. The third kappa shape index (κ3) is 1.72. The number of H-pyrrole nitrogens is 1. The van der Waals surface area contributed by atoms with Crippen LogP contribution in [0.15, 0.2) is 41.4 Å². The molecule has 1 aromatic carbocycles. The van der Waals surface area contributed by atoms with Crippen molar-refractivity contribution in [1.29, 1.82) is 0 Å². The molecule has 2 N–H and O–H groups in total. The van der Waals surface area contributed by atoms with E-state index in [4.69, 9.17) is 5.11 Å². The number of nitrogens with one attached hydrogen (secondary N) is 1. The smallest absolute Gasteiger partial charge is 0.352 e. The van der Waals surface area contributed by atoms with Crippen molar-refractivity contribution in [1.82, 2.24) is 4.98 Å². The molecule has 4 rings (SSSR count). The summed E-state index contributed by atoms with van der Waals surface area (Å²) in [7, 11) is -3.76. The number of sulfonamides is 1. The number of aromatic nitrogens is 1. The Balaban J connectivity index is 1.80. The minimum Gasteiger partial charge on any atom is -0.477 e. The maximum atomic E-state index is 12.9. The lowest BCUT2D eigenvalue weighted by Crippen LogP contribution is -2.31. The number of hydrogen-bond acceptors (Lipinski definition) is 3. The second-order valence-electron chi connectivity index (χ2n) is 5.86. The highest BCUT2D eigenvalue weighted by Crippen LogP contribution is 2.57. The Kier molecular flexibility index (Phi) is 2.51. The Morgan fingerprint density at radius 3 is 2.64 bits per heavy atom. The molecule has 1 aliphatic heterocycles. The van der Waals surface area contributed by atoms with Crippen LogP contribution in [0.2, 0.25) is 0 Å². The first kappa shape index (κ1) is 13.4. The quantitative estimate of drug-likeness (QED) is 0.905. The van der Waals surface area contributed by atoms with E-state index >= 15 is 0 Å². The van der Waals surface area contributed by atoms with E-state index in [1.807, 2.05) is 24.3 Å². The Morgan fingerprint density at radius 2 is 2.00 bits per heavy atom. The molecule has 0 saturated heterocycles. The Labute approximate surface area is 127 Å². The SMILES string of the molecule is O=C(O)c1cc(S(=O)(=O)N2CC3(CC3)c3ccccc32)c[nH]1. The second kappa shape index (κ2) is 4.13. The van der Waals surface area contributed by atoms with Crippen LogP contribution in [0.1, 0.15) is 28.9 Å². The molecule has 6 nitrogen and oxygen atoms in total. The molecule has 0 bridgehead atoms. The monoisotopic (exact) mass is 318 g/mol. The first-order valence-electron chi connectivity index (χ1n) is 6.98. The van der Waals surface area contributed by atoms with Gasteiger partial charge in [-0.25, -0.2) is 13.2 Å². The van der Waals surface area contributed by atoms with Crippen molar-refractivity contribution >= 4 is 21.7 Å². The van der Waals surface area contributed by atoms with Crippen LogP contribution in [-0.4, -0.2) is 31.0 Å². The van der Waals surface area contributed by atoms with Crippen molar-refractivity contribution in [3.05, 3.63) is 47.8 Å². The molecule has 0 radical (unpaired) electrons. The number of carbonyl (C=O) groups is 1. The van der Waals surface area contributed by atoms with Gasteiger partial charge in [0.1, 0.15) is 10.6 Å². The number of aromatic carboxylic acids is 1. The molecular formula is C15H14N2O4S. The van der Waals surface area contributed by atoms with Gasteiger partial charge in [0, 0.05) is 18.2 Å². The first-order valence-corrected chi connectivity index (χ1v) is 8.42. The summed E-state index contributed by atoms with van der Waals surface area (Å²) in [5.41, 5.74) is 1.60. The summed E-state index contributed by atoms with van der Waals surface area (Å²) in [4.78, 5) is 13.4. The fourth-order valence-electron chi connectivity index (χ4n) is 3.15. The third-order valence-electron chi connectivity index (χ3n) is 4.52. The van der Waals surface area contributed by atoms with E-state index in [1.54, 1.807) is 0 Å². The molecule has 0 atom stereocenters. The minimum absolute atomic E-state index is 0.0163. The molecule has 22 heavy (non-hydrogen) atoms. The van der Waals surface area contributed by atoms with Gasteiger partial charge in [0.05, 0.1) is 5.69 Å². The lowest BCUT2D eigenvalue weighted by Gasteiger charge is -2.19. The number of carboxylic acid groups (broad SMARTS) is 1. The summed E-state index contributed by atoms with van der Waals surface area (Å²) in [6, 6.07) is 8.71. The molecule has 1 fully saturated rings. The first-order chi connectivity index (χ1) is 10.4. The van der Waals surface area contributed by atoms with Crippen molar-refractivity contribution in [3.63, 3.8) is 0 Å². The van der Waals surface area contributed by atoms with Crippen LogP contribution in [0, 0.1) is 0 Å². The Bertz CT molecular complexity index is 880. The van der Waals surface area contributed by atoms with Gasteiger partial charge in [0.2, 0.25) is 0 Å². The summed E-state index contributed by atoms with van der Waals surface area (Å²) >= 11 is 0. The summed E-state index contributed by atoms with van der Waals surface area (Å²) in [6.45, 7) is 0.433. The van der Waals surface area contributed by atoms with Gasteiger partial charge in [-0.1, -0.05) is 18.2 Å². The standard InChI is InChI=1S/C15H14N2O4S/c18-14(19)12-7-10(8-16-12)22(20,21)17-9-15(5-6-15)11-3-1-2-4-13(11)17/h1-4,7-8,16H,5-6,9H2,(H,18,19). The molecule has 7 heteroatoms. The van der Waals surface area contributed by atoms with Gasteiger partial charge < -0.3 is 10.1 Å². The Morgan fingerprint density at radius 1 is 1.27 bits per heavy atom. The number of fused-ring (bicyclic) bond motifs is 2. The van der Waals surface area contributed by atoms with E-state index in [2.05, 4.69) is 4.98 Å². The number of anilines is 1. The summed E-state index contributed by atoms with van der Waals surface area (Å²) in [5, 5.41) is 8.94. The topological polar surface area (TPSA) is 90.5 Å². The van der Waals surface area contributed by atoms with Gasteiger partial charge in [-0.15, -0.1) is 0 Å². The van der Waals surface area contributed by atoms with Gasteiger partial charge in [0.25, 0.3) is 10.0 Å². The number of benzene rings is 1. The van der Waals surface area contributed by atoms with Crippen LogP contribution >= 0.6 is 0 Å². The van der Waals surface area contributed by atoms with Crippen LogP contribution in [0.4, 0.5) is 5.69 Å². The lowest BCUT2D eigenvalue weighted by atomic mass is 9.99. The van der Waals surface area contributed by atoms with Crippen LogP contribution in [-0.2, 0) is 15.4 Å². The minimum atomic E-state index is -3.76. The van der Waals surface area contributed by atoms with E-state index in [1.165, 1.54) is 10.5 Å². The van der Waals surface area contributed by atoms with Crippen molar-refractivity contribution in [2.75, 3.05) is 10.8 Å². The molecule has 2 heterocycles. The largest absolute Gasteiger partial charge is 0.477 e. The van der Waals surface area contributed by atoms with Crippen molar-refractivity contribution in [3.8, 4) is 0 Å². The molecule has 1 spiro atoms. The summed E-state index contributed by atoms with van der Waals surface area (Å²) in [6.07, 6.45) is 3.21. The predicted molar refractivity (Wildman–Crippen MR) is 79.6 cm³/mol. The number of para-hydroxylation sites is 1. The van der Waals surface area contributed by atoms with Crippen molar-refractivity contribution < 1.29 is 18.3 Å². The second-order valence-corrected chi connectivity index (χ2v) is 7.73. The van der Waals surface area contributed by atoms with E-state index in [9.17, 15) is 13.2 Å². The number of nitrogens with zero attached hydrogens (tertiary/aromatic N) is 1. The molecular weight excluding hydrogens is 304 g/mol. The fraction of sp³-hybridized carbons (Fsp3) is 0.267. The Hall–Kier alpha value is -2.28. The highest BCUT2D eigenvalue weighted by atomic mass is 32.2. The average molecular weight is 318 g/mol. The molecule has 1 aromatic heterocycles. The van der Waals surface area contributed by atoms with E-state index in [0.717, 1.165) is 24.5 Å². The van der Waals surface area contributed by atoms with Gasteiger partial charge in [-0.3, -0.25) is 4.31 Å². The van der Waals surface area contributed by atoms with Gasteiger partial charge in [0.15, 0.2) is 0 Å². The van der Waals surface area contributed by atoms with Gasteiger partial charge in [-0.05, 0) is 30.5 Å². The third-order valence-corrected chi connectivity index (χ3v) is 6.26. The fourth-order valence-corrected chi connectivity index (χ4v) is 4.72. The number of hydrogen-bond donors (Lipinski definition) is 2. The van der Waals surface area contributed by atoms with E-state index < -0.39 is 16.0 Å². The molecule has 2 aromatic rings. The van der Waals surface area contributed by atoms with E-state index in [0.29, 0.717) is 12.2 Å². The molecule has 2 aliphatic rings. The molecule has 1 aliphatic carbocycles. The highest BCUT2D eigenvalue weighted by molar-refractivity contribution is 7.92. The van der Waals surface area contributed by atoms with Crippen LogP contribution in [0.25, 0.3) is 0 Å². The predicted octanol–water partition coefficient (Wildman–Crippen LogP) is 1.95. The maximum Gasteiger partial charge on any atom is 0.352 e. The lowest BCUT2D eigenvalue weighted by molar-refractivity contribution is 0.0691. The van der Waals surface area contributed by atoms with Crippen LogP contribution in [0.5, 0.6) is 0 Å². The number of aromatic amines is 1. The van der Waals surface area contributed by atoms with E-state index in [-0.39, 0.29) is 16.0 Å². The van der Waals surface area contributed by atoms with Crippen LogP contribution < -0.4 is 4.31 Å². The molecule has 114 valence electrons. The summed E-state index contributed by atoms with van der Waals surface area (Å²) < 4.78 is 27.1.